The van der Waals surface area contributed by atoms with Gasteiger partial charge in [0.25, 0.3) is 11.5 Å². The summed E-state index contributed by atoms with van der Waals surface area (Å²) in [6.07, 6.45) is 4.56. The Kier molecular flexibility index (Phi) is 8.76. The second kappa shape index (κ2) is 12.0. The molecule has 0 aliphatic heterocycles. The fraction of sp³-hybridized carbons (Fsp3) is 0.464. The van der Waals surface area contributed by atoms with Crippen LogP contribution in [0.2, 0.25) is 0 Å². The van der Waals surface area contributed by atoms with Gasteiger partial charge in [-0.3, -0.25) is 14.2 Å². The Morgan fingerprint density at radius 1 is 1.13 bits per heavy atom. The predicted molar refractivity (Wildman–Crippen MR) is 140 cm³/mol. The van der Waals surface area contributed by atoms with Gasteiger partial charge in [0, 0.05) is 25.0 Å². The van der Waals surface area contributed by atoms with Crippen LogP contribution in [0, 0.1) is 5.82 Å². The van der Waals surface area contributed by atoms with Crippen molar-refractivity contribution in [2.24, 2.45) is 0 Å². The molecule has 1 saturated carbocycles. The zero-order chi connectivity index (χ0) is 27.3. The lowest BCUT2D eigenvalue weighted by Gasteiger charge is -2.36. The Morgan fingerprint density at radius 2 is 1.79 bits per heavy atom. The highest BCUT2D eigenvalue weighted by atomic mass is 19.1. The summed E-state index contributed by atoms with van der Waals surface area (Å²) in [5.41, 5.74) is -0.694. The molecule has 3 N–H and O–H groups in total. The molecule has 1 aliphatic carbocycles. The minimum absolute atomic E-state index is 0.0639. The Hall–Kier alpha value is -3.34. The van der Waals surface area contributed by atoms with Crippen LogP contribution >= 0.6 is 0 Å². The molecule has 204 valence electrons. The van der Waals surface area contributed by atoms with Crippen LogP contribution in [0.5, 0.6) is 5.75 Å². The largest absolute Gasteiger partial charge is 0.506 e. The fourth-order valence-electron chi connectivity index (χ4n) is 5.02. The van der Waals surface area contributed by atoms with Gasteiger partial charge in [0.05, 0.1) is 24.1 Å². The summed E-state index contributed by atoms with van der Waals surface area (Å²) in [4.78, 5) is 31.7. The van der Waals surface area contributed by atoms with E-state index in [2.05, 4.69) is 10.3 Å². The van der Waals surface area contributed by atoms with E-state index in [4.69, 9.17) is 9.47 Å². The standard InChI is InChI=1S/C28H34FN3O6/c1-3-37-22(38-4-2)16-32-25-21(14-19(15-30-25)18-8-10-20(29)11-9-18)24(34)23(27(32)36)26(35)31-28(17-33)12-6-5-7-13-28/h8-11,14-15,22,33-34H,3-7,12-13,16-17H2,1-2H3,(H,31,35). The van der Waals surface area contributed by atoms with E-state index in [-0.39, 0.29) is 24.2 Å². The molecular weight excluding hydrogens is 493 g/mol. The van der Waals surface area contributed by atoms with Gasteiger partial charge in [-0.05, 0) is 50.5 Å². The molecule has 3 aromatic rings. The number of ether oxygens (including phenoxy) is 2. The number of nitrogens with one attached hydrogen (secondary N) is 1. The van der Waals surface area contributed by atoms with Gasteiger partial charge in [-0.1, -0.05) is 31.4 Å². The topological polar surface area (TPSA) is 123 Å². The summed E-state index contributed by atoms with van der Waals surface area (Å²) in [5, 5.41) is 24.4. The maximum Gasteiger partial charge on any atom is 0.269 e. The molecule has 0 saturated heterocycles. The number of hydrogen-bond donors (Lipinski definition) is 3. The van der Waals surface area contributed by atoms with Gasteiger partial charge in [0.1, 0.15) is 22.8 Å². The van der Waals surface area contributed by atoms with Gasteiger partial charge in [0.15, 0.2) is 6.29 Å². The number of aromatic nitrogens is 2. The number of rotatable bonds is 10. The van der Waals surface area contributed by atoms with Gasteiger partial charge in [0.2, 0.25) is 0 Å². The lowest BCUT2D eigenvalue weighted by molar-refractivity contribution is -0.143. The first-order chi connectivity index (χ1) is 18.3. The molecular formula is C28H34FN3O6. The molecule has 1 fully saturated rings. The zero-order valence-corrected chi connectivity index (χ0v) is 21.7. The number of amides is 1. The third-order valence-electron chi connectivity index (χ3n) is 7.01. The molecule has 38 heavy (non-hydrogen) atoms. The number of fused-ring (bicyclic) bond motifs is 1. The normalized spacial score (nSPS) is 15.2. The highest BCUT2D eigenvalue weighted by Crippen LogP contribution is 2.32. The highest BCUT2D eigenvalue weighted by Gasteiger charge is 2.35. The van der Waals surface area contributed by atoms with Crippen LogP contribution in [-0.2, 0) is 16.0 Å². The number of carbonyl (C=O) groups excluding carboxylic acids is 1. The van der Waals surface area contributed by atoms with Crippen LogP contribution in [0.1, 0.15) is 56.3 Å². The SMILES string of the molecule is CCOC(Cn1c(=O)c(C(=O)NC2(CO)CCCCC2)c(O)c2cc(-c3ccc(F)cc3)cnc21)OCC. The number of aliphatic hydroxyl groups is 1. The third-order valence-corrected chi connectivity index (χ3v) is 7.01. The first kappa shape index (κ1) is 27.7. The molecule has 0 spiro atoms. The molecule has 1 amide bonds. The number of hydrogen-bond acceptors (Lipinski definition) is 7. The lowest BCUT2D eigenvalue weighted by atomic mass is 9.82. The van der Waals surface area contributed by atoms with E-state index in [0.29, 0.717) is 37.2 Å². The van der Waals surface area contributed by atoms with Gasteiger partial charge in [-0.25, -0.2) is 9.37 Å². The monoisotopic (exact) mass is 527 g/mol. The van der Waals surface area contributed by atoms with Crippen molar-refractivity contribution >= 4 is 16.9 Å². The molecule has 4 rings (SSSR count). The second-order valence-corrected chi connectivity index (χ2v) is 9.53. The Morgan fingerprint density at radius 3 is 2.39 bits per heavy atom. The Labute approximate surface area is 220 Å². The van der Waals surface area contributed by atoms with Crippen molar-refractivity contribution in [3.63, 3.8) is 0 Å². The summed E-state index contributed by atoms with van der Waals surface area (Å²) >= 11 is 0. The van der Waals surface area contributed by atoms with Crippen molar-refractivity contribution in [3.05, 3.63) is 58.3 Å². The maximum atomic E-state index is 13.7. The van der Waals surface area contributed by atoms with E-state index in [1.807, 2.05) is 0 Å². The minimum Gasteiger partial charge on any atom is -0.506 e. The van der Waals surface area contributed by atoms with Crippen LogP contribution in [0.25, 0.3) is 22.2 Å². The van der Waals surface area contributed by atoms with E-state index in [0.717, 1.165) is 19.3 Å². The average Bonchev–Trinajstić information content (AvgIpc) is 2.92. The van der Waals surface area contributed by atoms with Crippen molar-refractivity contribution in [1.82, 2.24) is 14.9 Å². The molecule has 2 aromatic heterocycles. The lowest BCUT2D eigenvalue weighted by Crippen LogP contribution is -2.53. The molecule has 0 unspecified atom stereocenters. The van der Waals surface area contributed by atoms with Crippen molar-refractivity contribution < 1.29 is 28.9 Å². The number of aliphatic hydroxyl groups excluding tert-OH is 1. The summed E-state index contributed by atoms with van der Waals surface area (Å²) < 4.78 is 26.0. The molecule has 0 radical (unpaired) electrons. The van der Waals surface area contributed by atoms with Crippen LogP contribution in [0.3, 0.4) is 0 Å². The van der Waals surface area contributed by atoms with Gasteiger partial charge >= 0.3 is 0 Å². The number of halogens is 1. The van der Waals surface area contributed by atoms with E-state index in [1.165, 1.54) is 22.9 Å². The highest BCUT2D eigenvalue weighted by molar-refractivity contribution is 6.02. The number of pyridine rings is 2. The smallest absolute Gasteiger partial charge is 0.269 e. The van der Waals surface area contributed by atoms with Crippen molar-refractivity contribution in [3.8, 4) is 16.9 Å². The van der Waals surface area contributed by atoms with E-state index < -0.39 is 40.4 Å². The fourth-order valence-corrected chi connectivity index (χ4v) is 5.02. The number of carbonyl (C=O) groups is 1. The van der Waals surface area contributed by atoms with Crippen LogP contribution in [0.4, 0.5) is 4.39 Å². The molecule has 9 nitrogen and oxygen atoms in total. The molecule has 0 bridgehead atoms. The molecule has 1 aromatic carbocycles. The van der Waals surface area contributed by atoms with Gasteiger partial charge < -0.3 is 25.0 Å². The van der Waals surface area contributed by atoms with Crippen LogP contribution < -0.4 is 10.9 Å². The van der Waals surface area contributed by atoms with Crippen LogP contribution in [0.15, 0.2) is 41.3 Å². The summed E-state index contributed by atoms with van der Waals surface area (Å²) in [6.45, 7) is 3.94. The average molecular weight is 528 g/mol. The van der Waals surface area contributed by atoms with Crippen molar-refractivity contribution in [1.29, 1.82) is 0 Å². The quantitative estimate of drug-likeness (QED) is 0.343. The van der Waals surface area contributed by atoms with Gasteiger partial charge in [-0.15, -0.1) is 0 Å². The van der Waals surface area contributed by atoms with Crippen LogP contribution in [-0.4, -0.2) is 57.3 Å². The Balaban J connectivity index is 1.87. The number of nitrogens with zero attached hydrogens (tertiary/aromatic N) is 2. The van der Waals surface area contributed by atoms with E-state index in [9.17, 15) is 24.2 Å². The van der Waals surface area contributed by atoms with Gasteiger partial charge in [-0.2, -0.15) is 0 Å². The zero-order valence-electron chi connectivity index (χ0n) is 21.7. The summed E-state index contributed by atoms with van der Waals surface area (Å²) in [7, 11) is 0. The van der Waals surface area contributed by atoms with E-state index >= 15 is 0 Å². The Bertz CT molecular complexity index is 1330. The molecule has 10 heteroatoms. The summed E-state index contributed by atoms with van der Waals surface area (Å²) in [6, 6.07) is 7.38. The van der Waals surface area contributed by atoms with Crippen molar-refractivity contribution in [2.75, 3.05) is 19.8 Å². The number of aromatic hydroxyl groups is 1. The molecule has 0 atom stereocenters. The first-order valence-electron chi connectivity index (χ1n) is 13.0. The molecule has 2 heterocycles. The summed E-state index contributed by atoms with van der Waals surface area (Å²) in [5.74, 6) is -1.67. The number of benzene rings is 1. The maximum absolute atomic E-state index is 13.7. The van der Waals surface area contributed by atoms with E-state index in [1.54, 1.807) is 32.0 Å². The predicted octanol–water partition coefficient (Wildman–Crippen LogP) is 3.73. The second-order valence-electron chi connectivity index (χ2n) is 9.53. The molecule has 1 aliphatic rings. The minimum atomic E-state index is -0.860. The first-order valence-corrected chi connectivity index (χ1v) is 13.0. The third kappa shape index (κ3) is 5.72. The van der Waals surface area contributed by atoms with Crippen molar-refractivity contribution in [2.45, 2.75) is 64.3 Å².